The van der Waals surface area contributed by atoms with Crippen LogP contribution in [0.25, 0.3) is 0 Å². The molecule has 0 aromatic heterocycles. The molecule has 116 valence electrons. The van der Waals surface area contributed by atoms with Crippen LogP contribution >= 0.6 is 0 Å². The Morgan fingerprint density at radius 3 is 2.71 bits per heavy atom. The third-order valence-electron chi connectivity index (χ3n) is 5.41. The summed E-state index contributed by atoms with van der Waals surface area (Å²) < 4.78 is 5.78. The predicted molar refractivity (Wildman–Crippen MR) is 86.6 cm³/mol. The lowest BCUT2D eigenvalue weighted by Crippen LogP contribution is -2.48. The van der Waals surface area contributed by atoms with Crippen molar-refractivity contribution in [2.45, 2.75) is 56.8 Å². The van der Waals surface area contributed by atoms with Crippen molar-refractivity contribution in [3.63, 3.8) is 0 Å². The fourth-order valence-corrected chi connectivity index (χ4v) is 4.23. The van der Waals surface area contributed by atoms with Gasteiger partial charge in [0.2, 0.25) is 0 Å². The largest absolute Gasteiger partial charge is 0.377 e. The van der Waals surface area contributed by atoms with Gasteiger partial charge in [0.15, 0.2) is 0 Å². The zero-order chi connectivity index (χ0) is 14.8. The van der Waals surface area contributed by atoms with Crippen molar-refractivity contribution in [1.29, 1.82) is 0 Å². The summed E-state index contributed by atoms with van der Waals surface area (Å²) in [7, 11) is 4.39. The van der Waals surface area contributed by atoms with E-state index in [1.165, 1.54) is 30.4 Å². The van der Waals surface area contributed by atoms with Gasteiger partial charge in [0.25, 0.3) is 0 Å². The molecular formula is C18H28N2O. The lowest BCUT2D eigenvalue weighted by atomic mass is 9.94. The van der Waals surface area contributed by atoms with Gasteiger partial charge in [-0.05, 0) is 57.8 Å². The van der Waals surface area contributed by atoms with Crippen LogP contribution < -0.4 is 5.32 Å². The van der Waals surface area contributed by atoms with Gasteiger partial charge in [-0.3, -0.25) is 4.90 Å². The van der Waals surface area contributed by atoms with Crippen LogP contribution in [0, 0.1) is 0 Å². The van der Waals surface area contributed by atoms with Crippen LogP contribution in [0.3, 0.4) is 0 Å². The van der Waals surface area contributed by atoms with E-state index in [0.717, 1.165) is 13.0 Å². The zero-order valence-electron chi connectivity index (χ0n) is 13.5. The second-order valence-electron chi connectivity index (χ2n) is 6.52. The van der Waals surface area contributed by atoms with E-state index in [1.807, 2.05) is 0 Å². The molecule has 1 aliphatic carbocycles. The number of fused-ring (bicyclic) bond motifs is 1. The summed E-state index contributed by atoms with van der Waals surface area (Å²) in [6, 6.07) is 10.5. The summed E-state index contributed by atoms with van der Waals surface area (Å²) >= 11 is 0. The van der Waals surface area contributed by atoms with Crippen molar-refractivity contribution in [3.8, 4) is 0 Å². The van der Waals surface area contributed by atoms with Crippen LogP contribution in [0.15, 0.2) is 24.3 Å². The third kappa shape index (κ3) is 2.87. The Hall–Kier alpha value is -0.900. The van der Waals surface area contributed by atoms with E-state index in [0.29, 0.717) is 24.2 Å². The molecule has 1 aromatic carbocycles. The van der Waals surface area contributed by atoms with E-state index < -0.39 is 0 Å². The number of ether oxygens (including phenoxy) is 1. The first-order chi connectivity index (χ1) is 10.2. The fraction of sp³-hybridized carbons (Fsp3) is 0.667. The van der Waals surface area contributed by atoms with E-state index in [9.17, 15) is 0 Å². The first-order valence-corrected chi connectivity index (χ1v) is 8.31. The Morgan fingerprint density at radius 2 is 2.00 bits per heavy atom. The van der Waals surface area contributed by atoms with Crippen LogP contribution in [-0.2, 0) is 11.2 Å². The van der Waals surface area contributed by atoms with Crippen LogP contribution in [-0.4, -0.2) is 43.8 Å². The Balaban J connectivity index is 1.87. The number of hydrogen-bond donors (Lipinski definition) is 1. The van der Waals surface area contributed by atoms with E-state index >= 15 is 0 Å². The molecule has 1 fully saturated rings. The minimum Gasteiger partial charge on any atom is -0.377 e. The summed E-state index contributed by atoms with van der Waals surface area (Å²) in [4.78, 5) is 2.58. The lowest BCUT2D eigenvalue weighted by molar-refractivity contribution is 0.0564. The molecular weight excluding hydrogens is 260 g/mol. The molecule has 0 radical (unpaired) electrons. The van der Waals surface area contributed by atoms with Gasteiger partial charge in [-0.2, -0.15) is 0 Å². The highest BCUT2D eigenvalue weighted by atomic mass is 16.5. The Labute approximate surface area is 128 Å². The molecule has 4 atom stereocenters. The maximum Gasteiger partial charge on any atom is 0.0703 e. The molecule has 1 heterocycles. The summed E-state index contributed by atoms with van der Waals surface area (Å²) in [5, 5.41) is 3.59. The maximum absolute atomic E-state index is 5.78. The molecule has 0 amide bonds. The molecule has 3 nitrogen and oxygen atoms in total. The smallest absolute Gasteiger partial charge is 0.0703 e. The predicted octanol–water partition coefficient (Wildman–Crippen LogP) is 2.76. The van der Waals surface area contributed by atoms with E-state index in [1.54, 1.807) is 0 Å². The SMILES string of the molecule is CNC1c2ccccc2CCCC1N(C)C1CCOC1C. The van der Waals surface area contributed by atoms with Gasteiger partial charge in [0.1, 0.15) is 0 Å². The first kappa shape index (κ1) is 15.0. The van der Waals surface area contributed by atoms with Crippen molar-refractivity contribution in [2.75, 3.05) is 20.7 Å². The number of benzene rings is 1. The van der Waals surface area contributed by atoms with Gasteiger partial charge < -0.3 is 10.1 Å². The van der Waals surface area contributed by atoms with Crippen molar-refractivity contribution in [3.05, 3.63) is 35.4 Å². The number of hydrogen-bond acceptors (Lipinski definition) is 3. The Kier molecular flexibility index (Phi) is 4.63. The highest BCUT2D eigenvalue weighted by Crippen LogP contribution is 2.34. The van der Waals surface area contributed by atoms with E-state index in [4.69, 9.17) is 4.74 Å². The molecule has 1 N–H and O–H groups in total. The second-order valence-corrected chi connectivity index (χ2v) is 6.52. The zero-order valence-corrected chi connectivity index (χ0v) is 13.5. The van der Waals surface area contributed by atoms with Gasteiger partial charge in [0, 0.05) is 24.7 Å². The molecule has 0 saturated carbocycles. The molecule has 1 aromatic rings. The monoisotopic (exact) mass is 288 g/mol. The first-order valence-electron chi connectivity index (χ1n) is 8.31. The average molecular weight is 288 g/mol. The summed E-state index contributed by atoms with van der Waals surface area (Å²) in [5.74, 6) is 0. The number of rotatable bonds is 3. The number of nitrogens with zero attached hydrogens (tertiary/aromatic N) is 1. The highest BCUT2D eigenvalue weighted by molar-refractivity contribution is 5.32. The average Bonchev–Trinajstić information content (AvgIpc) is 2.83. The van der Waals surface area contributed by atoms with Crippen LogP contribution in [0.4, 0.5) is 0 Å². The summed E-state index contributed by atoms with van der Waals surface area (Å²) in [6.45, 7) is 3.12. The highest BCUT2D eigenvalue weighted by Gasteiger charge is 2.36. The molecule has 3 rings (SSSR count). The summed E-state index contributed by atoms with van der Waals surface area (Å²) in [6.07, 6.45) is 5.24. The number of likely N-dealkylation sites (N-methyl/N-ethyl adjacent to an activating group) is 2. The summed E-state index contributed by atoms with van der Waals surface area (Å²) in [5.41, 5.74) is 3.00. The van der Waals surface area contributed by atoms with Crippen molar-refractivity contribution in [2.24, 2.45) is 0 Å². The topological polar surface area (TPSA) is 24.5 Å². The Bertz CT molecular complexity index is 476. The van der Waals surface area contributed by atoms with E-state index in [2.05, 4.69) is 55.5 Å². The number of aryl methyl sites for hydroxylation is 1. The molecule has 21 heavy (non-hydrogen) atoms. The van der Waals surface area contributed by atoms with Crippen LogP contribution in [0.2, 0.25) is 0 Å². The molecule has 3 heteroatoms. The quantitative estimate of drug-likeness (QED) is 0.866. The third-order valence-corrected chi connectivity index (χ3v) is 5.41. The Morgan fingerprint density at radius 1 is 1.19 bits per heavy atom. The van der Waals surface area contributed by atoms with Gasteiger partial charge in [-0.1, -0.05) is 24.3 Å². The fourth-order valence-electron chi connectivity index (χ4n) is 4.23. The van der Waals surface area contributed by atoms with E-state index in [-0.39, 0.29) is 0 Å². The maximum atomic E-state index is 5.78. The molecule has 2 aliphatic rings. The van der Waals surface area contributed by atoms with Crippen LogP contribution in [0.1, 0.15) is 43.4 Å². The molecule has 1 aliphatic heterocycles. The molecule has 1 saturated heterocycles. The van der Waals surface area contributed by atoms with Crippen molar-refractivity contribution in [1.82, 2.24) is 10.2 Å². The molecule has 4 unspecified atom stereocenters. The minimum atomic E-state index is 0.353. The van der Waals surface area contributed by atoms with Crippen molar-refractivity contribution >= 4 is 0 Å². The molecule has 0 spiro atoms. The number of nitrogens with one attached hydrogen (secondary N) is 1. The second kappa shape index (κ2) is 6.47. The van der Waals surface area contributed by atoms with Gasteiger partial charge in [-0.25, -0.2) is 0 Å². The minimum absolute atomic E-state index is 0.353. The normalized spacial score (nSPS) is 33.0. The van der Waals surface area contributed by atoms with Crippen molar-refractivity contribution < 1.29 is 4.74 Å². The molecule has 0 bridgehead atoms. The van der Waals surface area contributed by atoms with Crippen LogP contribution in [0.5, 0.6) is 0 Å². The van der Waals surface area contributed by atoms with Gasteiger partial charge in [0.05, 0.1) is 6.10 Å². The van der Waals surface area contributed by atoms with Gasteiger partial charge in [-0.15, -0.1) is 0 Å². The lowest BCUT2D eigenvalue weighted by Gasteiger charge is -2.38. The standard InChI is InChI=1S/C18H28N2O/c1-13-16(11-12-21-13)20(3)17-10-6-8-14-7-4-5-9-15(14)18(17)19-2/h4-5,7,9,13,16-19H,6,8,10-12H2,1-3H3. The van der Waals surface area contributed by atoms with Gasteiger partial charge >= 0.3 is 0 Å².